The molecule has 0 saturated heterocycles. The number of allylic oxidation sites excluding steroid dienone is 1. The lowest BCUT2D eigenvalue weighted by Gasteiger charge is -2.36. The minimum absolute atomic E-state index is 0.0289. The lowest BCUT2D eigenvalue weighted by molar-refractivity contribution is -0.139. The third kappa shape index (κ3) is 3.82. The summed E-state index contributed by atoms with van der Waals surface area (Å²) in [6, 6.07) is 16.2. The largest absolute Gasteiger partial charge is 0.466 e. The Morgan fingerprint density at radius 1 is 1.08 bits per heavy atom. The van der Waals surface area contributed by atoms with Gasteiger partial charge in [0, 0.05) is 17.9 Å². The SMILES string of the molecule is CCN1C(=O)C(C)(C)c2cc(N3C(N)=C(C#N)C(c4ccccc4)C(C(=O)OC)=C3C(=O)OC)ccc21. The second-order valence-electron chi connectivity index (χ2n) is 9.21. The van der Waals surface area contributed by atoms with Crippen LogP contribution in [0.4, 0.5) is 11.4 Å². The van der Waals surface area contributed by atoms with Crippen LogP contribution in [-0.2, 0) is 29.3 Å². The summed E-state index contributed by atoms with van der Waals surface area (Å²) in [7, 11) is 2.40. The molecule has 0 fully saturated rings. The molecule has 0 radical (unpaired) electrons. The Morgan fingerprint density at radius 2 is 1.73 bits per heavy atom. The zero-order valence-electron chi connectivity index (χ0n) is 21.4. The average Bonchev–Trinajstić information content (AvgIpc) is 3.11. The zero-order valence-corrected chi connectivity index (χ0v) is 21.4. The molecule has 1 amide bonds. The normalized spacial score (nSPS) is 18.5. The highest BCUT2D eigenvalue weighted by Crippen LogP contribution is 2.47. The highest BCUT2D eigenvalue weighted by Gasteiger charge is 2.46. The van der Waals surface area contributed by atoms with Gasteiger partial charge in [0.25, 0.3) is 0 Å². The monoisotopic (exact) mass is 500 g/mol. The van der Waals surface area contributed by atoms with Gasteiger partial charge in [-0.15, -0.1) is 0 Å². The van der Waals surface area contributed by atoms with E-state index in [1.165, 1.54) is 19.1 Å². The lowest BCUT2D eigenvalue weighted by atomic mass is 9.80. The Morgan fingerprint density at radius 3 is 2.30 bits per heavy atom. The number of rotatable bonds is 5. The fraction of sp³-hybridized carbons (Fsp3) is 0.286. The van der Waals surface area contributed by atoms with Gasteiger partial charge in [-0.3, -0.25) is 9.69 Å². The Bertz CT molecular complexity index is 1400. The Labute approximate surface area is 215 Å². The number of ether oxygens (including phenoxy) is 2. The molecular formula is C28H28N4O5. The second-order valence-corrected chi connectivity index (χ2v) is 9.21. The number of hydrogen-bond acceptors (Lipinski definition) is 8. The van der Waals surface area contributed by atoms with Gasteiger partial charge in [-0.1, -0.05) is 30.3 Å². The van der Waals surface area contributed by atoms with Gasteiger partial charge in [0.1, 0.15) is 11.5 Å². The first-order chi connectivity index (χ1) is 17.6. The van der Waals surface area contributed by atoms with Crippen LogP contribution in [0.1, 0.15) is 37.8 Å². The summed E-state index contributed by atoms with van der Waals surface area (Å²) in [6.45, 7) is 6.04. The number of fused-ring (bicyclic) bond motifs is 1. The van der Waals surface area contributed by atoms with Crippen molar-refractivity contribution in [2.45, 2.75) is 32.1 Å². The number of anilines is 2. The molecule has 9 heteroatoms. The maximum absolute atomic E-state index is 13.3. The third-order valence-corrected chi connectivity index (χ3v) is 6.91. The van der Waals surface area contributed by atoms with E-state index in [-0.39, 0.29) is 28.6 Å². The molecule has 2 aliphatic heterocycles. The summed E-state index contributed by atoms with van der Waals surface area (Å²) in [5, 5.41) is 10.2. The van der Waals surface area contributed by atoms with E-state index in [4.69, 9.17) is 15.2 Å². The van der Waals surface area contributed by atoms with Crippen molar-refractivity contribution in [3.05, 3.63) is 82.3 Å². The van der Waals surface area contributed by atoms with Crippen molar-refractivity contribution in [2.75, 3.05) is 30.6 Å². The van der Waals surface area contributed by atoms with Gasteiger partial charge in [-0.25, -0.2) is 9.59 Å². The van der Waals surface area contributed by atoms with Crippen molar-refractivity contribution in [3.63, 3.8) is 0 Å². The van der Waals surface area contributed by atoms with E-state index < -0.39 is 23.3 Å². The van der Waals surface area contributed by atoms with Crippen molar-refractivity contribution in [1.29, 1.82) is 5.26 Å². The number of carbonyl (C=O) groups excluding carboxylic acids is 3. The predicted octanol–water partition coefficient (Wildman–Crippen LogP) is 3.23. The Hall–Kier alpha value is -4.58. The van der Waals surface area contributed by atoms with Gasteiger partial charge in [-0.2, -0.15) is 5.26 Å². The summed E-state index contributed by atoms with van der Waals surface area (Å²) >= 11 is 0. The van der Waals surface area contributed by atoms with Gasteiger partial charge < -0.3 is 20.1 Å². The highest BCUT2D eigenvalue weighted by atomic mass is 16.5. The summed E-state index contributed by atoms with van der Waals surface area (Å²) in [5.41, 5.74) is 8.07. The number of hydrogen-bond donors (Lipinski definition) is 1. The molecule has 1 unspecified atom stereocenters. The number of carbonyl (C=O) groups is 3. The van der Waals surface area contributed by atoms with Crippen LogP contribution in [-0.4, -0.2) is 38.6 Å². The van der Waals surface area contributed by atoms with E-state index in [9.17, 15) is 19.6 Å². The van der Waals surface area contributed by atoms with Gasteiger partial charge in [0.15, 0.2) is 0 Å². The molecule has 2 N–H and O–H groups in total. The number of amides is 1. The second kappa shape index (κ2) is 9.47. The van der Waals surface area contributed by atoms with Crippen molar-refractivity contribution < 1.29 is 23.9 Å². The van der Waals surface area contributed by atoms with Crippen LogP contribution in [0.15, 0.2) is 71.2 Å². The van der Waals surface area contributed by atoms with E-state index in [0.29, 0.717) is 17.8 Å². The van der Waals surface area contributed by atoms with E-state index >= 15 is 0 Å². The van der Waals surface area contributed by atoms with Gasteiger partial charge in [0.05, 0.1) is 42.8 Å². The Balaban J connectivity index is 2.04. The molecule has 0 aromatic heterocycles. The summed E-state index contributed by atoms with van der Waals surface area (Å²) in [6.07, 6.45) is 0. The average molecular weight is 501 g/mol. The molecule has 2 aromatic rings. The van der Waals surface area contributed by atoms with E-state index in [0.717, 1.165) is 11.3 Å². The fourth-order valence-electron chi connectivity index (χ4n) is 5.06. The molecule has 9 nitrogen and oxygen atoms in total. The van der Waals surface area contributed by atoms with Gasteiger partial charge in [0.2, 0.25) is 5.91 Å². The van der Waals surface area contributed by atoms with Crippen molar-refractivity contribution in [2.24, 2.45) is 5.73 Å². The Kier molecular flexibility index (Phi) is 6.53. The number of esters is 2. The van der Waals surface area contributed by atoms with Crippen molar-refractivity contribution in [1.82, 2.24) is 0 Å². The lowest BCUT2D eigenvalue weighted by Crippen LogP contribution is -2.40. The maximum Gasteiger partial charge on any atom is 0.355 e. The standard InChI is InChI=1S/C28H28N4O5/c1-6-31-20-13-12-17(14-19(20)28(2,3)27(31)35)32-23(26(34)37-5)22(25(33)36-4)21(18(15-29)24(32)30)16-10-8-7-9-11-16/h7-14,21H,6,30H2,1-5H3. The van der Waals surface area contributed by atoms with Crippen molar-refractivity contribution >= 4 is 29.2 Å². The van der Waals surface area contributed by atoms with E-state index in [1.54, 1.807) is 53.4 Å². The molecule has 37 heavy (non-hydrogen) atoms. The minimum Gasteiger partial charge on any atom is -0.466 e. The van der Waals surface area contributed by atoms with E-state index in [1.807, 2.05) is 20.8 Å². The highest BCUT2D eigenvalue weighted by molar-refractivity contribution is 6.09. The number of likely N-dealkylation sites (N-methyl/N-ethyl adjacent to an activating group) is 1. The van der Waals surface area contributed by atoms with Crippen LogP contribution in [0.5, 0.6) is 0 Å². The maximum atomic E-state index is 13.3. The molecule has 2 heterocycles. The first-order valence-corrected chi connectivity index (χ1v) is 11.8. The number of nitriles is 1. The molecule has 0 bridgehead atoms. The molecule has 0 spiro atoms. The minimum atomic E-state index is -0.952. The van der Waals surface area contributed by atoms with Crippen LogP contribution in [0.2, 0.25) is 0 Å². The first-order valence-electron chi connectivity index (χ1n) is 11.8. The number of nitrogens with two attached hydrogens (primary N) is 1. The number of nitrogens with zero attached hydrogens (tertiary/aromatic N) is 3. The number of methoxy groups -OCH3 is 2. The third-order valence-electron chi connectivity index (χ3n) is 6.91. The molecule has 0 saturated carbocycles. The first kappa shape index (κ1) is 25.5. The predicted molar refractivity (Wildman–Crippen MR) is 137 cm³/mol. The smallest absolute Gasteiger partial charge is 0.355 e. The number of benzene rings is 2. The zero-order chi connectivity index (χ0) is 27.1. The molecular weight excluding hydrogens is 472 g/mol. The summed E-state index contributed by atoms with van der Waals surface area (Å²) < 4.78 is 10.2. The molecule has 1 atom stereocenters. The molecule has 4 rings (SSSR count). The van der Waals surface area contributed by atoms with Crippen molar-refractivity contribution in [3.8, 4) is 6.07 Å². The summed E-state index contributed by atoms with van der Waals surface area (Å²) in [5.74, 6) is -2.66. The van der Waals surface area contributed by atoms with Gasteiger partial charge in [-0.05, 0) is 50.1 Å². The summed E-state index contributed by atoms with van der Waals surface area (Å²) in [4.78, 5) is 42.5. The van der Waals surface area contributed by atoms with Crippen LogP contribution in [0.3, 0.4) is 0 Å². The topological polar surface area (TPSA) is 126 Å². The molecule has 2 aliphatic rings. The molecule has 190 valence electrons. The fourth-order valence-corrected chi connectivity index (χ4v) is 5.06. The van der Waals surface area contributed by atoms with E-state index in [2.05, 4.69) is 6.07 Å². The van der Waals surface area contributed by atoms with Crippen LogP contribution < -0.4 is 15.5 Å². The van der Waals surface area contributed by atoms with Crippen LogP contribution in [0.25, 0.3) is 0 Å². The van der Waals surface area contributed by atoms with Crippen LogP contribution >= 0.6 is 0 Å². The van der Waals surface area contributed by atoms with Gasteiger partial charge >= 0.3 is 11.9 Å². The molecule has 0 aliphatic carbocycles. The molecule has 2 aromatic carbocycles. The quantitative estimate of drug-likeness (QED) is 0.620. The van der Waals surface area contributed by atoms with Crippen LogP contribution in [0, 0.1) is 11.3 Å².